The van der Waals surface area contributed by atoms with Crippen LogP contribution in [-0.2, 0) is 6.42 Å². The van der Waals surface area contributed by atoms with Crippen LogP contribution in [-0.4, -0.2) is 26.7 Å². The lowest BCUT2D eigenvalue weighted by Gasteiger charge is -2.17. The molecule has 10 rings (SSSR count). The molecule has 50 heavy (non-hydrogen) atoms. The van der Waals surface area contributed by atoms with Crippen molar-refractivity contribution in [1.82, 2.24) is 14.4 Å². The van der Waals surface area contributed by atoms with E-state index in [1.165, 1.54) is 23.5 Å². The molecule has 7 aromatic rings. The molecule has 1 aliphatic carbocycles. The zero-order chi connectivity index (χ0) is 33.0. The largest absolute Gasteiger partial charge is 0.743 e. The summed E-state index contributed by atoms with van der Waals surface area (Å²) in [4.78, 5) is 14.6. The third-order valence-electron chi connectivity index (χ3n) is 8.73. The van der Waals surface area contributed by atoms with E-state index in [0.717, 1.165) is 78.8 Å². The van der Waals surface area contributed by atoms with Gasteiger partial charge in [-0.15, -0.1) is 0 Å². The number of fused-ring (bicyclic) bond motifs is 4. The number of thioether (sulfide) groups is 1. The van der Waals surface area contributed by atoms with E-state index < -0.39 is 7.25 Å². The number of rotatable bonds is 6. The molecule has 0 bridgehead atoms. The smallest absolute Gasteiger partial charge is 0.503 e. The third kappa shape index (κ3) is 5.26. The summed E-state index contributed by atoms with van der Waals surface area (Å²) in [5.74, 6) is 2.19. The number of aromatic nitrogens is 3. The van der Waals surface area contributed by atoms with Crippen molar-refractivity contribution < 1.29 is 18.1 Å². The standard InChI is InChI=1S/C39H25BN4O4S2/c1-2-10-24(11-3-1)37(29-18-20-35(41-29)49-38-42-27-14-6-8-16-31(27)45-38)30-19-21-36(50-39-43-28-15-7-9-17-32(28)46-39)44(30)40-47-33-22-25-12-4-5-13-26(25)23-34(33)48-40/h1-5,7-13,15-23H,6,14H2. The molecule has 3 aliphatic rings. The van der Waals surface area contributed by atoms with Gasteiger partial charge < -0.3 is 22.6 Å². The van der Waals surface area contributed by atoms with Crippen LogP contribution >= 0.6 is 23.5 Å². The zero-order valence-corrected chi connectivity index (χ0v) is 28.0. The van der Waals surface area contributed by atoms with Crippen molar-refractivity contribution in [3.63, 3.8) is 0 Å². The summed E-state index contributed by atoms with van der Waals surface area (Å²) in [6, 6.07) is 34.4. The van der Waals surface area contributed by atoms with E-state index in [4.69, 9.17) is 33.1 Å². The van der Waals surface area contributed by atoms with Crippen LogP contribution < -0.4 is 9.31 Å². The molecule has 0 amide bonds. The van der Waals surface area contributed by atoms with Gasteiger partial charge in [0.15, 0.2) is 11.3 Å². The van der Waals surface area contributed by atoms with Gasteiger partial charge in [-0.1, -0.05) is 72.8 Å². The molecule has 4 aromatic carbocycles. The Labute approximate surface area is 295 Å². The molecular weight excluding hydrogens is 663 g/mol. The lowest BCUT2D eigenvalue weighted by molar-refractivity contribution is 0.447. The maximum Gasteiger partial charge on any atom is 0.743 e. The van der Waals surface area contributed by atoms with E-state index in [1.54, 1.807) is 0 Å². The predicted molar refractivity (Wildman–Crippen MR) is 198 cm³/mol. The van der Waals surface area contributed by atoms with Crippen molar-refractivity contribution in [3.05, 3.63) is 150 Å². The van der Waals surface area contributed by atoms with Gasteiger partial charge in [-0.05, 0) is 107 Å². The number of para-hydroxylation sites is 2. The first-order valence-corrected chi connectivity index (χ1v) is 17.9. The number of oxazole rings is 2. The molecule has 8 nitrogen and oxygen atoms in total. The second-order valence-corrected chi connectivity index (χ2v) is 13.9. The maximum absolute atomic E-state index is 6.60. The highest BCUT2D eigenvalue weighted by molar-refractivity contribution is 8.14. The lowest BCUT2D eigenvalue weighted by Crippen LogP contribution is -2.36. The van der Waals surface area contributed by atoms with Crippen LogP contribution in [0.15, 0.2) is 156 Å². The van der Waals surface area contributed by atoms with Crippen molar-refractivity contribution in [3.8, 4) is 11.5 Å². The normalized spacial score (nSPS) is 15.7. The summed E-state index contributed by atoms with van der Waals surface area (Å²) in [7, 11) is -0.798. The maximum atomic E-state index is 6.60. The molecule has 0 atom stereocenters. The average molecular weight is 689 g/mol. The van der Waals surface area contributed by atoms with Crippen molar-refractivity contribution in [1.29, 1.82) is 0 Å². The molecule has 0 saturated heterocycles. The summed E-state index contributed by atoms with van der Waals surface area (Å²) >= 11 is 2.84. The molecule has 0 saturated carbocycles. The topological polar surface area (TPSA) is 87.8 Å². The van der Waals surface area contributed by atoms with Crippen LogP contribution in [0.1, 0.15) is 29.1 Å². The van der Waals surface area contributed by atoms with Crippen LogP contribution in [0.25, 0.3) is 33.5 Å². The van der Waals surface area contributed by atoms with Gasteiger partial charge in [0.1, 0.15) is 22.1 Å². The quantitative estimate of drug-likeness (QED) is 0.160. The van der Waals surface area contributed by atoms with Crippen LogP contribution in [0.5, 0.6) is 11.5 Å². The Hall–Kier alpha value is -5.65. The molecule has 240 valence electrons. The van der Waals surface area contributed by atoms with E-state index >= 15 is 0 Å². The van der Waals surface area contributed by atoms with Crippen LogP contribution in [0.4, 0.5) is 0 Å². The van der Waals surface area contributed by atoms with E-state index in [9.17, 15) is 0 Å². The first-order valence-electron chi connectivity index (χ1n) is 16.2. The predicted octanol–water partition coefficient (Wildman–Crippen LogP) is 9.71. The van der Waals surface area contributed by atoms with E-state index in [-0.39, 0.29) is 0 Å². The molecule has 0 spiro atoms. The highest BCUT2D eigenvalue weighted by Crippen LogP contribution is 2.42. The minimum absolute atomic E-state index is 0.522. The fourth-order valence-corrected chi connectivity index (χ4v) is 8.03. The molecule has 0 fully saturated rings. The molecule has 11 heteroatoms. The fourth-order valence-electron chi connectivity index (χ4n) is 6.41. The highest BCUT2D eigenvalue weighted by Gasteiger charge is 2.40. The molecule has 0 radical (unpaired) electrons. The molecule has 0 N–H and O–H groups in total. The van der Waals surface area contributed by atoms with Crippen molar-refractivity contribution in [2.75, 3.05) is 0 Å². The number of hydrogen-bond donors (Lipinski definition) is 0. The highest BCUT2D eigenvalue weighted by atomic mass is 32.2. The summed E-state index contributed by atoms with van der Waals surface area (Å²) in [5, 5.41) is 4.90. The van der Waals surface area contributed by atoms with Gasteiger partial charge in [-0.3, -0.25) is 0 Å². The van der Waals surface area contributed by atoms with Crippen molar-refractivity contribution in [2.24, 2.45) is 4.99 Å². The van der Waals surface area contributed by atoms with E-state index in [2.05, 4.69) is 40.9 Å². The van der Waals surface area contributed by atoms with Crippen molar-refractivity contribution in [2.45, 2.75) is 28.3 Å². The van der Waals surface area contributed by atoms with Gasteiger partial charge in [0.2, 0.25) is 0 Å². The molecule has 2 aliphatic heterocycles. The Morgan fingerprint density at radius 2 is 1.48 bits per heavy atom. The van der Waals surface area contributed by atoms with Crippen LogP contribution in [0, 0.1) is 0 Å². The van der Waals surface area contributed by atoms with Gasteiger partial charge >= 0.3 is 7.25 Å². The second kappa shape index (κ2) is 12.0. The van der Waals surface area contributed by atoms with E-state index in [0.29, 0.717) is 21.9 Å². The van der Waals surface area contributed by atoms with Crippen LogP contribution in [0.3, 0.4) is 0 Å². The van der Waals surface area contributed by atoms with Gasteiger partial charge in [0.25, 0.3) is 10.4 Å². The minimum Gasteiger partial charge on any atom is -0.503 e. The fraction of sp³-hybridized carbons (Fsp3) is 0.0513. The Bertz CT molecular complexity index is 2510. The van der Waals surface area contributed by atoms with Gasteiger partial charge in [0.05, 0.1) is 16.4 Å². The Morgan fingerprint density at radius 1 is 0.720 bits per heavy atom. The first kappa shape index (κ1) is 29.3. The van der Waals surface area contributed by atoms with Gasteiger partial charge in [0, 0.05) is 11.3 Å². The van der Waals surface area contributed by atoms with E-state index in [1.807, 2.05) is 91.0 Å². The number of allylic oxidation sites excluding steroid dienone is 2. The zero-order valence-electron chi connectivity index (χ0n) is 26.4. The number of aryl methyl sites for hydroxylation is 1. The second-order valence-electron chi connectivity index (χ2n) is 11.9. The molecule has 3 aromatic heterocycles. The monoisotopic (exact) mass is 688 g/mol. The van der Waals surface area contributed by atoms with Gasteiger partial charge in [-0.2, -0.15) is 0 Å². The lowest BCUT2D eigenvalue weighted by atomic mass is 9.98. The minimum atomic E-state index is -0.798. The molecule has 5 heterocycles. The number of nitrogens with zero attached hydrogens (tertiary/aromatic N) is 4. The molecule has 0 unspecified atom stereocenters. The Balaban J connectivity index is 1.09. The Morgan fingerprint density at radius 3 is 2.28 bits per heavy atom. The number of aliphatic imine (C=N–C) groups is 1. The summed E-state index contributed by atoms with van der Waals surface area (Å²) in [5.41, 5.74) is 6.10. The third-order valence-corrected chi connectivity index (χ3v) is 10.4. The van der Waals surface area contributed by atoms with Crippen molar-refractivity contribution >= 4 is 69.3 Å². The molecular formula is C39H25BN4O4S2. The average Bonchev–Trinajstić information content (AvgIpc) is 3.98. The summed E-state index contributed by atoms with van der Waals surface area (Å²) in [6.07, 6.45) is 10.0. The summed E-state index contributed by atoms with van der Waals surface area (Å²) in [6.45, 7) is 0. The number of hydrogen-bond acceptors (Lipinski definition) is 9. The SMILES string of the molecule is C1=Cc2oc(SC3=NC(=C(c4ccccc4)c4ccc(Sc5nc6ccccc6o5)n4B4Oc5cc6ccccc6cc5O4)C=C3)nc2CC1. The van der Waals surface area contributed by atoms with Crippen LogP contribution in [0.2, 0.25) is 0 Å². The number of benzene rings is 4. The first-order chi connectivity index (χ1) is 24.7. The van der Waals surface area contributed by atoms with Gasteiger partial charge in [-0.25, -0.2) is 15.0 Å². The summed E-state index contributed by atoms with van der Waals surface area (Å²) < 4.78 is 27.4. The Kier molecular flexibility index (Phi) is 7.06.